The molecule has 0 atom stereocenters. The second kappa shape index (κ2) is 4.20. The van der Waals surface area contributed by atoms with Gasteiger partial charge in [0.2, 0.25) is 0 Å². The Balaban J connectivity index is 2.61. The normalized spacial score (nSPS) is 8.33. The first-order valence-corrected chi connectivity index (χ1v) is 3.55. The van der Waals surface area contributed by atoms with E-state index in [1.54, 1.807) is 0 Å². The molecule has 0 saturated carbocycles. The van der Waals surface area contributed by atoms with Crippen molar-refractivity contribution in [2.45, 2.75) is 6.42 Å². The van der Waals surface area contributed by atoms with Crippen molar-refractivity contribution in [2.24, 2.45) is 0 Å². The molecule has 12 heavy (non-hydrogen) atoms. The lowest BCUT2D eigenvalue weighted by Gasteiger charge is -1.85. The Morgan fingerprint density at radius 2 is 2.00 bits per heavy atom. The van der Waals surface area contributed by atoms with Crippen LogP contribution < -0.4 is 0 Å². The van der Waals surface area contributed by atoms with Gasteiger partial charge in [-0.1, -0.05) is 30.0 Å². The number of hydrogen-bond donors (Lipinski definition) is 1. The van der Waals surface area contributed by atoms with Crippen LogP contribution in [0.2, 0.25) is 0 Å². The van der Waals surface area contributed by atoms with Crippen LogP contribution in [0.15, 0.2) is 30.3 Å². The third-order valence-electron chi connectivity index (χ3n) is 1.25. The molecular formula is C10H8O2. The molecule has 0 saturated heterocycles. The Kier molecular flexibility index (Phi) is 2.92. The molecule has 0 heterocycles. The first-order chi connectivity index (χ1) is 5.79. The van der Waals surface area contributed by atoms with Gasteiger partial charge in [0.15, 0.2) is 0 Å². The van der Waals surface area contributed by atoms with Crippen LogP contribution in [0.3, 0.4) is 0 Å². The molecule has 60 valence electrons. The van der Waals surface area contributed by atoms with E-state index < -0.39 is 5.97 Å². The van der Waals surface area contributed by atoms with Crippen LogP contribution in [-0.4, -0.2) is 11.1 Å². The summed E-state index contributed by atoms with van der Waals surface area (Å²) in [5.74, 6) is 4.41. The molecule has 0 aliphatic rings. The van der Waals surface area contributed by atoms with Crippen molar-refractivity contribution in [3.8, 4) is 11.8 Å². The predicted octanol–water partition coefficient (Wildman–Crippen LogP) is 1.51. The van der Waals surface area contributed by atoms with Crippen LogP contribution in [0.4, 0.5) is 0 Å². The summed E-state index contributed by atoms with van der Waals surface area (Å²) in [5.41, 5.74) is 0.846. The first-order valence-electron chi connectivity index (χ1n) is 3.55. The molecule has 0 fully saturated rings. The van der Waals surface area contributed by atoms with Gasteiger partial charge in [0.1, 0.15) is 6.42 Å². The summed E-state index contributed by atoms with van der Waals surface area (Å²) in [5, 5.41) is 8.29. The number of aliphatic carboxylic acids is 1. The molecule has 1 aromatic carbocycles. The van der Waals surface area contributed by atoms with Crippen molar-refractivity contribution in [3.05, 3.63) is 35.9 Å². The maximum atomic E-state index is 10.1. The molecule has 0 spiro atoms. The van der Waals surface area contributed by atoms with Crippen LogP contribution >= 0.6 is 0 Å². The molecule has 0 radical (unpaired) electrons. The Morgan fingerprint density at radius 1 is 1.33 bits per heavy atom. The van der Waals surface area contributed by atoms with E-state index in [-0.39, 0.29) is 6.42 Å². The smallest absolute Gasteiger partial charge is 0.315 e. The standard InChI is InChI=1S/C10H8O2/c11-10(12)8-4-7-9-5-2-1-3-6-9/h1-3,5-6H,8H2,(H,11,12). The number of carbonyl (C=O) groups is 1. The first kappa shape index (κ1) is 8.35. The Bertz CT molecular complexity index is 317. The molecule has 2 nitrogen and oxygen atoms in total. The lowest BCUT2D eigenvalue weighted by Crippen LogP contribution is -1.90. The third-order valence-corrected chi connectivity index (χ3v) is 1.25. The van der Waals surface area contributed by atoms with Gasteiger partial charge in [0.25, 0.3) is 0 Å². The van der Waals surface area contributed by atoms with E-state index >= 15 is 0 Å². The van der Waals surface area contributed by atoms with Gasteiger partial charge in [0, 0.05) is 5.56 Å². The van der Waals surface area contributed by atoms with E-state index in [9.17, 15) is 4.79 Å². The molecule has 0 aromatic heterocycles. The maximum absolute atomic E-state index is 10.1. The van der Waals surface area contributed by atoms with Crippen LogP contribution in [-0.2, 0) is 4.79 Å². The largest absolute Gasteiger partial charge is 0.481 e. The monoisotopic (exact) mass is 160 g/mol. The second-order valence-electron chi connectivity index (χ2n) is 2.24. The van der Waals surface area contributed by atoms with E-state index in [1.165, 1.54) is 0 Å². The zero-order valence-electron chi connectivity index (χ0n) is 6.45. The van der Waals surface area contributed by atoms with Crippen molar-refractivity contribution in [3.63, 3.8) is 0 Å². The fraction of sp³-hybridized carbons (Fsp3) is 0.100. The highest BCUT2D eigenvalue weighted by atomic mass is 16.4. The van der Waals surface area contributed by atoms with E-state index in [0.717, 1.165) is 5.56 Å². The van der Waals surface area contributed by atoms with Gasteiger partial charge in [-0.3, -0.25) is 4.79 Å². The highest BCUT2D eigenvalue weighted by Gasteiger charge is 1.88. The molecule has 0 bridgehead atoms. The van der Waals surface area contributed by atoms with E-state index in [4.69, 9.17) is 5.11 Å². The minimum Gasteiger partial charge on any atom is -0.481 e. The van der Waals surface area contributed by atoms with Crippen molar-refractivity contribution >= 4 is 5.97 Å². The van der Waals surface area contributed by atoms with Gasteiger partial charge < -0.3 is 5.11 Å². The van der Waals surface area contributed by atoms with Gasteiger partial charge in [-0.25, -0.2) is 0 Å². The summed E-state index contributed by atoms with van der Waals surface area (Å²) in [6.07, 6.45) is -0.102. The fourth-order valence-electron chi connectivity index (χ4n) is 0.743. The van der Waals surface area contributed by atoms with Gasteiger partial charge >= 0.3 is 5.97 Å². The van der Waals surface area contributed by atoms with E-state index in [0.29, 0.717) is 0 Å². The average molecular weight is 160 g/mol. The summed E-state index contributed by atoms with van der Waals surface area (Å²) in [4.78, 5) is 10.1. The van der Waals surface area contributed by atoms with Crippen molar-refractivity contribution in [1.29, 1.82) is 0 Å². The van der Waals surface area contributed by atoms with Crippen LogP contribution in [0.25, 0.3) is 0 Å². The fourth-order valence-corrected chi connectivity index (χ4v) is 0.743. The van der Waals surface area contributed by atoms with Gasteiger partial charge in [-0.15, -0.1) is 0 Å². The lowest BCUT2D eigenvalue weighted by atomic mass is 10.2. The van der Waals surface area contributed by atoms with Crippen LogP contribution in [0, 0.1) is 11.8 Å². The summed E-state index contributed by atoms with van der Waals surface area (Å²) in [6.45, 7) is 0. The zero-order valence-corrected chi connectivity index (χ0v) is 6.45. The number of rotatable bonds is 1. The molecule has 2 heteroatoms. The highest BCUT2D eigenvalue weighted by molar-refractivity contribution is 5.70. The van der Waals surface area contributed by atoms with Gasteiger partial charge in [0.05, 0.1) is 0 Å². The number of hydrogen-bond acceptors (Lipinski definition) is 1. The predicted molar refractivity (Wildman–Crippen MR) is 45.6 cm³/mol. The topological polar surface area (TPSA) is 37.3 Å². The number of benzene rings is 1. The molecular weight excluding hydrogens is 152 g/mol. The molecule has 1 aromatic rings. The molecule has 0 unspecified atom stereocenters. The Hall–Kier alpha value is -1.75. The minimum atomic E-state index is -0.890. The quantitative estimate of drug-likeness (QED) is 0.632. The lowest BCUT2D eigenvalue weighted by molar-refractivity contribution is -0.135. The summed E-state index contributed by atoms with van der Waals surface area (Å²) in [7, 11) is 0. The highest BCUT2D eigenvalue weighted by Crippen LogP contribution is 1.94. The summed E-state index contributed by atoms with van der Waals surface area (Å²) < 4.78 is 0. The molecule has 0 amide bonds. The molecule has 1 rings (SSSR count). The van der Waals surface area contributed by atoms with Crippen molar-refractivity contribution in [2.75, 3.05) is 0 Å². The average Bonchev–Trinajstić information content (AvgIpc) is 2.05. The molecule has 0 aliphatic heterocycles. The number of carboxylic acids is 1. The second-order valence-corrected chi connectivity index (χ2v) is 2.24. The summed E-state index contributed by atoms with van der Waals surface area (Å²) in [6, 6.07) is 9.31. The van der Waals surface area contributed by atoms with Gasteiger partial charge in [-0.05, 0) is 12.1 Å². The van der Waals surface area contributed by atoms with Crippen LogP contribution in [0.5, 0.6) is 0 Å². The Labute approximate surface area is 70.8 Å². The van der Waals surface area contributed by atoms with E-state index in [2.05, 4.69) is 11.8 Å². The maximum Gasteiger partial charge on any atom is 0.315 e. The van der Waals surface area contributed by atoms with E-state index in [1.807, 2.05) is 30.3 Å². The third kappa shape index (κ3) is 2.89. The van der Waals surface area contributed by atoms with Crippen molar-refractivity contribution in [1.82, 2.24) is 0 Å². The minimum absolute atomic E-state index is 0.102. The molecule has 0 aliphatic carbocycles. The van der Waals surface area contributed by atoms with Crippen molar-refractivity contribution < 1.29 is 9.90 Å². The SMILES string of the molecule is O=C(O)CC#Cc1ccccc1. The zero-order chi connectivity index (χ0) is 8.81. The molecule has 1 N–H and O–H groups in total. The summed E-state index contributed by atoms with van der Waals surface area (Å²) >= 11 is 0. The Morgan fingerprint density at radius 3 is 2.58 bits per heavy atom. The van der Waals surface area contributed by atoms with Gasteiger partial charge in [-0.2, -0.15) is 0 Å². The van der Waals surface area contributed by atoms with Crippen LogP contribution in [0.1, 0.15) is 12.0 Å². The number of carboxylic acid groups (broad SMARTS) is 1.